The second kappa shape index (κ2) is 5.34. The summed E-state index contributed by atoms with van der Waals surface area (Å²) >= 11 is 3.47. The molecule has 1 aromatic rings. The van der Waals surface area contributed by atoms with Crippen LogP contribution in [-0.2, 0) is 11.2 Å². The van der Waals surface area contributed by atoms with Crippen molar-refractivity contribution in [3.8, 4) is 11.5 Å². The average molecular weight is 285 g/mol. The molecule has 4 heteroatoms. The molecule has 0 N–H and O–H groups in total. The lowest BCUT2D eigenvalue weighted by Gasteiger charge is -2.11. The fraction of sp³-hybridized carbons (Fsp3) is 0.417. The molecule has 1 aliphatic rings. The fourth-order valence-electron chi connectivity index (χ4n) is 1.65. The van der Waals surface area contributed by atoms with Gasteiger partial charge in [-0.15, -0.1) is 0 Å². The molecule has 1 aromatic carbocycles. The monoisotopic (exact) mass is 284 g/mol. The lowest BCUT2D eigenvalue weighted by atomic mass is 10.1. The van der Waals surface area contributed by atoms with Crippen LogP contribution in [0.3, 0.4) is 0 Å². The molecule has 0 saturated carbocycles. The summed E-state index contributed by atoms with van der Waals surface area (Å²) in [7, 11) is 0. The van der Waals surface area contributed by atoms with Crippen LogP contribution >= 0.6 is 15.9 Å². The summed E-state index contributed by atoms with van der Waals surface area (Å²) in [6.45, 7) is 1.36. The molecule has 1 aliphatic heterocycles. The van der Waals surface area contributed by atoms with Gasteiger partial charge in [-0.25, -0.2) is 0 Å². The van der Waals surface area contributed by atoms with Crippen LogP contribution in [0.5, 0.6) is 11.5 Å². The SMILES string of the molecule is O=CCCc1cc(Br)c2c(c1)OCCCO2. The molecule has 16 heavy (non-hydrogen) atoms. The van der Waals surface area contributed by atoms with Crippen molar-refractivity contribution < 1.29 is 14.3 Å². The highest BCUT2D eigenvalue weighted by Crippen LogP contribution is 2.38. The summed E-state index contributed by atoms with van der Waals surface area (Å²) in [6, 6.07) is 3.94. The summed E-state index contributed by atoms with van der Waals surface area (Å²) in [5.41, 5.74) is 1.09. The molecule has 0 aromatic heterocycles. The third kappa shape index (κ3) is 2.55. The van der Waals surface area contributed by atoms with Crippen molar-refractivity contribution in [1.82, 2.24) is 0 Å². The zero-order valence-electron chi connectivity index (χ0n) is 8.87. The molecule has 0 aliphatic carbocycles. The highest BCUT2D eigenvalue weighted by molar-refractivity contribution is 9.10. The van der Waals surface area contributed by atoms with Crippen molar-refractivity contribution in [2.24, 2.45) is 0 Å². The van der Waals surface area contributed by atoms with Crippen LogP contribution in [0.4, 0.5) is 0 Å². The van der Waals surface area contributed by atoms with Gasteiger partial charge in [-0.3, -0.25) is 0 Å². The van der Waals surface area contributed by atoms with E-state index in [1.54, 1.807) is 0 Å². The van der Waals surface area contributed by atoms with E-state index in [2.05, 4.69) is 15.9 Å². The third-order valence-electron chi connectivity index (χ3n) is 2.41. The molecule has 0 unspecified atom stereocenters. The zero-order valence-corrected chi connectivity index (χ0v) is 10.5. The number of hydrogen-bond acceptors (Lipinski definition) is 3. The number of aldehydes is 1. The first kappa shape index (κ1) is 11.5. The minimum atomic E-state index is 0.534. The van der Waals surface area contributed by atoms with E-state index < -0.39 is 0 Å². The molecule has 0 saturated heterocycles. The topological polar surface area (TPSA) is 35.5 Å². The predicted molar refractivity (Wildman–Crippen MR) is 64.1 cm³/mol. The van der Waals surface area contributed by atoms with Gasteiger partial charge in [0, 0.05) is 12.8 Å². The van der Waals surface area contributed by atoms with Crippen LogP contribution in [0.1, 0.15) is 18.4 Å². The number of hydrogen-bond donors (Lipinski definition) is 0. The number of carbonyl (C=O) groups excluding carboxylic acids is 1. The molecule has 0 bridgehead atoms. The van der Waals surface area contributed by atoms with E-state index in [1.165, 1.54) is 0 Å². The molecule has 0 atom stereocenters. The summed E-state index contributed by atoms with van der Waals surface area (Å²) < 4.78 is 12.1. The lowest BCUT2D eigenvalue weighted by molar-refractivity contribution is -0.107. The Labute approximate surface area is 103 Å². The van der Waals surface area contributed by atoms with Gasteiger partial charge in [0.1, 0.15) is 6.29 Å². The molecule has 86 valence electrons. The summed E-state index contributed by atoms with van der Waals surface area (Å²) in [4.78, 5) is 10.3. The van der Waals surface area contributed by atoms with Gasteiger partial charge < -0.3 is 14.3 Å². The molecular weight excluding hydrogens is 272 g/mol. The number of halogens is 1. The Bertz CT molecular complexity index is 390. The molecule has 0 spiro atoms. The van der Waals surface area contributed by atoms with Crippen molar-refractivity contribution >= 4 is 22.2 Å². The predicted octanol–water partition coefficient (Wildman–Crippen LogP) is 2.74. The molecule has 2 rings (SSSR count). The highest BCUT2D eigenvalue weighted by atomic mass is 79.9. The molecule has 1 heterocycles. The van der Waals surface area contributed by atoms with Gasteiger partial charge in [0.2, 0.25) is 0 Å². The lowest BCUT2D eigenvalue weighted by Crippen LogP contribution is -1.97. The zero-order chi connectivity index (χ0) is 11.4. The smallest absolute Gasteiger partial charge is 0.175 e. The Balaban J connectivity index is 2.28. The van der Waals surface area contributed by atoms with Gasteiger partial charge in [0.15, 0.2) is 11.5 Å². The van der Waals surface area contributed by atoms with E-state index in [4.69, 9.17) is 9.47 Å². The normalized spacial score (nSPS) is 14.3. The van der Waals surface area contributed by atoms with Crippen molar-refractivity contribution in [2.75, 3.05) is 13.2 Å². The van der Waals surface area contributed by atoms with Gasteiger partial charge in [0.05, 0.1) is 17.7 Å². The van der Waals surface area contributed by atoms with Crippen LogP contribution in [0.15, 0.2) is 16.6 Å². The molecule has 0 fully saturated rings. The van der Waals surface area contributed by atoms with Gasteiger partial charge in [-0.05, 0) is 40.0 Å². The first-order chi connectivity index (χ1) is 7.81. The first-order valence-corrected chi connectivity index (χ1v) is 6.12. The molecular formula is C12H13BrO3. The van der Waals surface area contributed by atoms with Gasteiger partial charge in [0.25, 0.3) is 0 Å². The van der Waals surface area contributed by atoms with Gasteiger partial charge in [-0.2, -0.15) is 0 Å². The minimum Gasteiger partial charge on any atom is -0.490 e. The average Bonchev–Trinajstić information content (AvgIpc) is 2.51. The second-order valence-corrected chi connectivity index (χ2v) is 4.52. The van der Waals surface area contributed by atoms with E-state index in [0.29, 0.717) is 19.6 Å². The van der Waals surface area contributed by atoms with Crippen LogP contribution in [0, 0.1) is 0 Å². The molecule has 0 amide bonds. The maximum Gasteiger partial charge on any atom is 0.175 e. The van der Waals surface area contributed by atoms with Crippen LogP contribution in [0.2, 0.25) is 0 Å². The van der Waals surface area contributed by atoms with Crippen LogP contribution in [0.25, 0.3) is 0 Å². The number of aryl methyl sites for hydroxylation is 1. The van der Waals surface area contributed by atoms with Crippen LogP contribution < -0.4 is 9.47 Å². The third-order valence-corrected chi connectivity index (χ3v) is 3.00. The van der Waals surface area contributed by atoms with E-state index in [1.807, 2.05) is 12.1 Å². The summed E-state index contributed by atoms with van der Waals surface area (Å²) in [6.07, 6.45) is 3.09. The minimum absolute atomic E-state index is 0.534. The number of carbonyl (C=O) groups is 1. The molecule has 3 nitrogen and oxygen atoms in total. The van der Waals surface area contributed by atoms with Crippen molar-refractivity contribution in [1.29, 1.82) is 0 Å². The van der Waals surface area contributed by atoms with E-state index in [-0.39, 0.29) is 0 Å². The summed E-state index contributed by atoms with van der Waals surface area (Å²) in [5, 5.41) is 0. The van der Waals surface area contributed by atoms with E-state index >= 15 is 0 Å². The van der Waals surface area contributed by atoms with E-state index in [0.717, 1.165) is 40.7 Å². The Morgan fingerprint density at radius 3 is 2.94 bits per heavy atom. The van der Waals surface area contributed by atoms with Crippen molar-refractivity contribution in [3.05, 3.63) is 22.2 Å². The quantitative estimate of drug-likeness (QED) is 0.801. The second-order valence-electron chi connectivity index (χ2n) is 3.66. The van der Waals surface area contributed by atoms with Gasteiger partial charge in [-0.1, -0.05) is 0 Å². The van der Waals surface area contributed by atoms with Gasteiger partial charge >= 0.3 is 0 Å². The highest BCUT2D eigenvalue weighted by Gasteiger charge is 2.14. The fourth-order valence-corrected chi connectivity index (χ4v) is 2.26. The number of fused-ring (bicyclic) bond motifs is 1. The number of rotatable bonds is 3. The number of benzene rings is 1. The molecule has 0 radical (unpaired) electrons. The standard InChI is InChI=1S/C12H13BrO3/c13-10-7-9(3-1-4-14)8-11-12(10)16-6-2-5-15-11/h4,7-8H,1-3,5-6H2. The Morgan fingerprint density at radius 1 is 1.31 bits per heavy atom. The van der Waals surface area contributed by atoms with E-state index in [9.17, 15) is 4.79 Å². The summed E-state index contributed by atoms with van der Waals surface area (Å²) in [5.74, 6) is 1.54. The maximum absolute atomic E-state index is 10.3. The van der Waals surface area contributed by atoms with Crippen molar-refractivity contribution in [3.63, 3.8) is 0 Å². The maximum atomic E-state index is 10.3. The van der Waals surface area contributed by atoms with Crippen molar-refractivity contribution in [2.45, 2.75) is 19.3 Å². The Morgan fingerprint density at radius 2 is 2.12 bits per heavy atom. The number of ether oxygens (including phenoxy) is 2. The first-order valence-electron chi connectivity index (χ1n) is 5.33. The largest absolute Gasteiger partial charge is 0.490 e. The van der Waals surface area contributed by atoms with Crippen LogP contribution in [-0.4, -0.2) is 19.5 Å². The Hall–Kier alpha value is -1.03. The Kier molecular flexibility index (Phi) is 3.83.